The summed E-state index contributed by atoms with van der Waals surface area (Å²) in [7, 11) is 0. The van der Waals surface area contributed by atoms with E-state index in [0.717, 1.165) is 25.7 Å². The minimum Gasteiger partial charge on any atom is -0.337 e. The lowest BCUT2D eigenvalue weighted by atomic mass is 9.94. The predicted molar refractivity (Wildman–Crippen MR) is 114 cm³/mol. The molecule has 1 saturated carbocycles. The molecule has 160 valence electrons. The second kappa shape index (κ2) is 8.13. The van der Waals surface area contributed by atoms with Gasteiger partial charge < -0.3 is 15.2 Å². The maximum Gasteiger partial charge on any atom is 0.315 e. The first-order valence-electron chi connectivity index (χ1n) is 10.8. The Bertz CT molecular complexity index is 1070. The van der Waals surface area contributed by atoms with Gasteiger partial charge >= 0.3 is 6.03 Å². The van der Waals surface area contributed by atoms with Crippen LogP contribution in [0.1, 0.15) is 42.8 Å². The van der Waals surface area contributed by atoms with Crippen LogP contribution in [0.2, 0.25) is 0 Å². The molecule has 0 aliphatic heterocycles. The monoisotopic (exact) mass is 420 g/mol. The Hall–Kier alpha value is -3.22. The second-order valence-electron chi connectivity index (χ2n) is 8.61. The van der Waals surface area contributed by atoms with Gasteiger partial charge in [0, 0.05) is 11.6 Å². The van der Waals surface area contributed by atoms with Crippen molar-refractivity contribution in [1.29, 1.82) is 0 Å². The van der Waals surface area contributed by atoms with Gasteiger partial charge in [-0.15, -0.1) is 0 Å². The molecule has 3 atom stereocenters. The Kier molecular flexibility index (Phi) is 5.18. The molecule has 7 heteroatoms. The normalized spacial score (nSPS) is 23.0. The fourth-order valence-corrected chi connectivity index (χ4v) is 4.99. The summed E-state index contributed by atoms with van der Waals surface area (Å²) in [4.78, 5) is 17.1. The van der Waals surface area contributed by atoms with Gasteiger partial charge in [0.25, 0.3) is 0 Å². The van der Waals surface area contributed by atoms with Crippen molar-refractivity contribution in [3.8, 4) is 11.4 Å². The number of carbonyl (C=O) groups excluding carboxylic acids is 1. The molecule has 2 aliphatic rings. The van der Waals surface area contributed by atoms with Crippen molar-refractivity contribution in [2.75, 3.05) is 0 Å². The first-order valence-corrected chi connectivity index (χ1v) is 10.8. The standard InChI is InChI=1S/C24H25FN4O2/c1-14(23-28-22(29-31-23)19-7-4-8-20(25)13-19)26-24(30)27-21-17-9-10-18(21)12-16-6-3-2-5-15(16)11-17/h2-8,13-14,17-18,21H,9-12H2,1H3,(H2,26,27,30). The highest BCUT2D eigenvalue weighted by Gasteiger charge is 2.39. The summed E-state index contributed by atoms with van der Waals surface area (Å²) in [6, 6.07) is 14.1. The molecule has 6 nitrogen and oxygen atoms in total. The van der Waals surface area contributed by atoms with Gasteiger partial charge in [-0.2, -0.15) is 4.98 Å². The van der Waals surface area contributed by atoms with Crippen molar-refractivity contribution in [1.82, 2.24) is 20.8 Å². The Balaban J connectivity index is 1.23. The van der Waals surface area contributed by atoms with E-state index in [0.29, 0.717) is 23.2 Å². The number of hydrogen-bond donors (Lipinski definition) is 2. The van der Waals surface area contributed by atoms with E-state index >= 15 is 0 Å². The Labute approximate surface area is 180 Å². The van der Waals surface area contributed by atoms with Crippen LogP contribution < -0.4 is 10.6 Å². The van der Waals surface area contributed by atoms with Crippen LogP contribution in [-0.4, -0.2) is 22.2 Å². The summed E-state index contributed by atoms with van der Waals surface area (Å²) in [5, 5.41) is 10.0. The van der Waals surface area contributed by atoms with Crippen LogP contribution in [-0.2, 0) is 12.8 Å². The largest absolute Gasteiger partial charge is 0.337 e. The molecular formula is C24H25FN4O2. The zero-order chi connectivity index (χ0) is 21.4. The van der Waals surface area contributed by atoms with Crippen molar-refractivity contribution in [3.05, 3.63) is 71.4 Å². The van der Waals surface area contributed by atoms with Gasteiger partial charge in [-0.25, -0.2) is 9.18 Å². The van der Waals surface area contributed by atoms with Crippen LogP contribution in [0.15, 0.2) is 53.1 Å². The highest BCUT2D eigenvalue weighted by Crippen LogP contribution is 2.40. The molecule has 0 saturated heterocycles. The molecule has 1 fully saturated rings. The molecule has 2 aliphatic carbocycles. The molecule has 3 unspecified atom stereocenters. The number of hydrogen-bond acceptors (Lipinski definition) is 4. The third-order valence-corrected chi connectivity index (χ3v) is 6.55. The van der Waals surface area contributed by atoms with Crippen molar-refractivity contribution < 1.29 is 13.7 Å². The molecular weight excluding hydrogens is 395 g/mol. The van der Waals surface area contributed by atoms with E-state index in [9.17, 15) is 9.18 Å². The Morgan fingerprint density at radius 2 is 1.81 bits per heavy atom. The number of halogens is 1. The van der Waals surface area contributed by atoms with E-state index < -0.39 is 6.04 Å². The summed E-state index contributed by atoms with van der Waals surface area (Å²) >= 11 is 0. The average molecular weight is 420 g/mol. The molecule has 0 radical (unpaired) electrons. The maximum absolute atomic E-state index is 13.4. The van der Waals surface area contributed by atoms with E-state index in [2.05, 4.69) is 45.0 Å². The zero-order valence-corrected chi connectivity index (χ0v) is 17.3. The number of nitrogens with one attached hydrogen (secondary N) is 2. The molecule has 1 heterocycles. The molecule has 1 aromatic heterocycles. The molecule has 2 bridgehead atoms. The minimum atomic E-state index is -0.463. The number of amides is 2. The van der Waals surface area contributed by atoms with E-state index in [1.54, 1.807) is 19.1 Å². The van der Waals surface area contributed by atoms with Crippen LogP contribution in [0.25, 0.3) is 11.4 Å². The average Bonchev–Trinajstić information content (AvgIpc) is 3.33. The van der Waals surface area contributed by atoms with E-state index in [1.807, 2.05) is 0 Å². The van der Waals surface area contributed by atoms with Crippen molar-refractivity contribution in [2.45, 2.75) is 44.7 Å². The highest BCUT2D eigenvalue weighted by molar-refractivity contribution is 5.74. The topological polar surface area (TPSA) is 80.0 Å². The molecule has 2 aromatic carbocycles. The lowest BCUT2D eigenvalue weighted by molar-refractivity contribution is 0.222. The molecule has 5 rings (SSSR count). The van der Waals surface area contributed by atoms with Gasteiger partial charge in [-0.1, -0.05) is 41.6 Å². The zero-order valence-electron chi connectivity index (χ0n) is 17.3. The van der Waals surface area contributed by atoms with Crippen LogP contribution in [0.3, 0.4) is 0 Å². The lowest BCUT2D eigenvalue weighted by Gasteiger charge is -2.24. The van der Waals surface area contributed by atoms with Crippen molar-refractivity contribution in [2.24, 2.45) is 11.8 Å². The van der Waals surface area contributed by atoms with Gasteiger partial charge in [-0.3, -0.25) is 0 Å². The van der Waals surface area contributed by atoms with Crippen molar-refractivity contribution >= 4 is 6.03 Å². The first-order chi connectivity index (χ1) is 15.1. The third-order valence-electron chi connectivity index (χ3n) is 6.55. The van der Waals surface area contributed by atoms with Crippen LogP contribution in [0.5, 0.6) is 0 Å². The number of carbonyl (C=O) groups is 1. The summed E-state index contributed by atoms with van der Waals surface area (Å²) < 4.78 is 18.7. The lowest BCUT2D eigenvalue weighted by Crippen LogP contribution is -2.47. The SMILES string of the molecule is CC(NC(=O)NC1C2CCC1Cc1ccccc1C2)c1nc(-c2cccc(F)c2)no1. The number of benzene rings is 2. The smallest absolute Gasteiger partial charge is 0.315 e. The number of nitrogens with zero attached hydrogens (tertiary/aromatic N) is 2. The molecule has 3 aromatic rings. The summed E-state index contributed by atoms with van der Waals surface area (Å²) in [6.45, 7) is 1.79. The van der Waals surface area contributed by atoms with E-state index in [4.69, 9.17) is 4.52 Å². The van der Waals surface area contributed by atoms with Crippen LogP contribution >= 0.6 is 0 Å². The third kappa shape index (κ3) is 4.04. The highest BCUT2D eigenvalue weighted by atomic mass is 19.1. The number of aromatic nitrogens is 2. The number of fused-ring (bicyclic) bond motifs is 3. The van der Waals surface area contributed by atoms with Crippen molar-refractivity contribution in [3.63, 3.8) is 0 Å². The minimum absolute atomic E-state index is 0.158. The second-order valence-corrected chi connectivity index (χ2v) is 8.61. The Morgan fingerprint density at radius 3 is 2.48 bits per heavy atom. The Morgan fingerprint density at radius 1 is 1.10 bits per heavy atom. The molecule has 2 N–H and O–H groups in total. The first kappa shape index (κ1) is 19.7. The van der Waals surface area contributed by atoms with Crippen LogP contribution in [0.4, 0.5) is 9.18 Å². The van der Waals surface area contributed by atoms with Gasteiger partial charge in [0.15, 0.2) is 0 Å². The number of urea groups is 1. The summed E-state index contributed by atoms with van der Waals surface area (Å²) in [5.74, 6) is 1.12. The predicted octanol–water partition coefficient (Wildman–Crippen LogP) is 4.43. The fraction of sp³-hybridized carbons (Fsp3) is 0.375. The summed E-state index contributed by atoms with van der Waals surface area (Å²) in [6.07, 6.45) is 4.29. The fourth-order valence-electron chi connectivity index (χ4n) is 4.99. The van der Waals surface area contributed by atoms with Gasteiger partial charge in [-0.05, 0) is 67.7 Å². The van der Waals surface area contributed by atoms with Gasteiger partial charge in [0.1, 0.15) is 11.9 Å². The molecule has 31 heavy (non-hydrogen) atoms. The quantitative estimate of drug-likeness (QED) is 0.654. The molecule has 0 spiro atoms. The van der Waals surface area contributed by atoms with Crippen LogP contribution in [0, 0.1) is 17.7 Å². The summed E-state index contributed by atoms with van der Waals surface area (Å²) in [5.41, 5.74) is 3.35. The van der Waals surface area contributed by atoms with Gasteiger partial charge in [0.05, 0.1) is 0 Å². The van der Waals surface area contributed by atoms with Gasteiger partial charge in [0.2, 0.25) is 11.7 Å². The maximum atomic E-state index is 13.4. The van der Waals surface area contributed by atoms with E-state index in [1.165, 1.54) is 23.3 Å². The molecule has 2 amide bonds. The van der Waals surface area contributed by atoms with E-state index in [-0.39, 0.29) is 23.8 Å². The number of rotatable bonds is 4.